The molecule has 1 aliphatic rings. The quantitative estimate of drug-likeness (QED) is 0.814. The number of hydrogen-bond donors (Lipinski definition) is 1. The molecule has 1 N–H and O–H groups in total. The minimum absolute atomic E-state index is 0.403. The van der Waals surface area contributed by atoms with Crippen LogP contribution in [0, 0.1) is 5.92 Å². The van der Waals surface area contributed by atoms with Gasteiger partial charge in [0.25, 0.3) is 0 Å². The Balaban J connectivity index is 2.00. The van der Waals surface area contributed by atoms with Crippen LogP contribution in [0.3, 0.4) is 0 Å². The van der Waals surface area contributed by atoms with Crippen LogP contribution in [0.4, 0.5) is 0 Å². The summed E-state index contributed by atoms with van der Waals surface area (Å²) in [5.74, 6) is 0.640. The first kappa shape index (κ1) is 15.8. The molecule has 0 aromatic heterocycles. The fourth-order valence-electron chi connectivity index (χ4n) is 2.69. The van der Waals surface area contributed by atoms with Crippen molar-refractivity contribution in [3.8, 4) is 0 Å². The number of likely N-dealkylation sites (N-methyl/N-ethyl adjacent to an activating group) is 1. The van der Waals surface area contributed by atoms with Gasteiger partial charge in [0, 0.05) is 29.7 Å². The molecule has 1 aliphatic carbocycles. The molecule has 0 aliphatic heterocycles. The molecule has 3 heteroatoms. The molecule has 0 bridgehead atoms. The van der Waals surface area contributed by atoms with Gasteiger partial charge in [-0.05, 0) is 50.4 Å². The van der Waals surface area contributed by atoms with Gasteiger partial charge in [0.15, 0.2) is 0 Å². The fourth-order valence-corrected chi connectivity index (χ4v) is 2.81. The number of rotatable bonds is 7. The highest BCUT2D eigenvalue weighted by molar-refractivity contribution is 6.30. The van der Waals surface area contributed by atoms with Crippen molar-refractivity contribution < 1.29 is 0 Å². The summed E-state index contributed by atoms with van der Waals surface area (Å²) in [5.41, 5.74) is 1.33. The summed E-state index contributed by atoms with van der Waals surface area (Å²) in [6, 6.07) is 9.96. The van der Waals surface area contributed by atoms with E-state index >= 15 is 0 Å². The first-order valence-corrected chi connectivity index (χ1v) is 8.07. The lowest BCUT2D eigenvalue weighted by Crippen LogP contribution is -2.45. The lowest BCUT2D eigenvalue weighted by atomic mass is 9.98. The van der Waals surface area contributed by atoms with E-state index in [0.717, 1.165) is 17.6 Å². The zero-order valence-corrected chi connectivity index (χ0v) is 13.8. The molecule has 2 unspecified atom stereocenters. The molecule has 0 spiro atoms. The second kappa shape index (κ2) is 6.93. The van der Waals surface area contributed by atoms with Gasteiger partial charge in [-0.15, -0.1) is 0 Å². The van der Waals surface area contributed by atoms with Crippen molar-refractivity contribution in [3.05, 3.63) is 34.9 Å². The average molecular weight is 295 g/mol. The molecule has 112 valence electrons. The summed E-state index contributed by atoms with van der Waals surface area (Å²) in [7, 11) is 2.23. The normalized spacial score (nSPS) is 18.6. The highest BCUT2D eigenvalue weighted by Gasteiger charge is 2.27. The number of nitrogens with one attached hydrogen (secondary N) is 1. The van der Waals surface area contributed by atoms with E-state index in [4.69, 9.17) is 11.6 Å². The Labute approximate surface area is 128 Å². The molecule has 0 heterocycles. The number of nitrogens with zero attached hydrogens (tertiary/aromatic N) is 1. The van der Waals surface area contributed by atoms with E-state index in [1.807, 2.05) is 12.1 Å². The second-order valence-electron chi connectivity index (χ2n) is 6.39. The van der Waals surface area contributed by atoms with E-state index in [0.29, 0.717) is 18.0 Å². The minimum Gasteiger partial charge on any atom is -0.312 e. The van der Waals surface area contributed by atoms with E-state index in [1.54, 1.807) is 0 Å². The monoisotopic (exact) mass is 294 g/mol. The predicted molar refractivity (Wildman–Crippen MR) is 87.3 cm³/mol. The van der Waals surface area contributed by atoms with E-state index < -0.39 is 0 Å². The predicted octanol–water partition coefficient (Wildman–Crippen LogP) is 4.11. The maximum atomic E-state index is 5.98. The van der Waals surface area contributed by atoms with Crippen molar-refractivity contribution in [2.24, 2.45) is 5.92 Å². The van der Waals surface area contributed by atoms with Crippen LogP contribution in [-0.2, 0) is 0 Å². The zero-order chi connectivity index (χ0) is 14.7. The van der Waals surface area contributed by atoms with Crippen molar-refractivity contribution in [1.82, 2.24) is 10.2 Å². The van der Waals surface area contributed by atoms with Crippen molar-refractivity contribution in [2.45, 2.75) is 51.7 Å². The van der Waals surface area contributed by atoms with Crippen LogP contribution in [0.1, 0.15) is 45.2 Å². The van der Waals surface area contributed by atoms with E-state index in [-0.39, 0.29) is 0 Å². The smallest absolute Gasteiger partial charge is 0.0406 e. The van der Waals surface area contributed by atoms with Crippen LogP contribution in [0.25, 0.3) is 0 Å². The van der Waals surface area contributed by atoms with Crippen LogP contribution in [-0.4, -0.2) is 30.6 Å². The topological polar surface area (TPSA) is 15.3 Å². The van der Waals surface area contributed by atoms with Gasteiger partial charge in [0.05, 0.1) is 0 Å². The molecular weight excluding hydrogens is 268 g/mol. The summed E-state index contributed by atoms with van der Waals surface area (Å²) in [5, 5.41) is 4.48. The molecule has 1 aromatic rings. The van der Waals surface area contributed by atoms with E-state index in [9.17, 15) is 0 Å². The van der Waals surface area contributed by atoms with Gasteiger partial charge in [0.2, 0.25) is 0 Å². The highest BCUT2D eigenvalue weighted by Crippen LogP contribution is 2.26. The van der Waals surface area contributed by atoms with Crippen molar-refractivity contribution in [3.63, 3.8) is 0 Å². The Morgan fingerprint density at radius 2 is 1.80 bits per heavy atom. The first-order chi connectivity index (χ1) is 9.49. The molecule has 2 nitrogen and oxygen atoms in total. The summed E-state index contributed by atoms with van der Waals surface area (Å²) in [6.45, 7) is 7.97. The third-order valence-electron chi connectivity index (χ3n) is 4.45. The minimum atomic E-state index is 0.403. The lowest BCUT2D eigenvalue weighted by Gasteiger charge is -2.36. The van der Waals surface area contributed by atoms with E-state index in [2.05, 4.69) is 50.2 Å². The van der Waals surface area contributed by atoms with Gasteiger partial charge >= 0.3 is 0 Å². The van der Waals surface area contributed by atoms with Gasteiger partial charge in [-0.25, -0.2) is 0 Å². The third kappa shape index (κ3) is 4.21. The fraction of sp³-hybridized carbons (Fsp3) is 0.647. The molecule has 0 amide bonds. The van der Waals surface area contributed by atoms with Crippen LogP contribution >= 0.6 is 11.6 Å². The third-order valence-corrected chi connectivity index (χ3v) is 4.70. The van der Waals surface area contributed by atoms with Gasteiger partial charge in [0.1, 0.15) is 0 Å². The summed E-state index contributed by atoms with van der Waals surface area (Å²) >= 11 is 5.98. The molecule has 2 atom stereocenters. The highest BCUT2D eigenvalue weighted by atomic mass is 35.5. The van der Waals surface area contributed by atoms with Gasteiger partial charge < -0.3 is 5.32 Å². The Morgan fingerprint density at radius 3 is 2.30 bits per heavy atom. The molecule has 20 heavy (non-hydrogen) atoms. The second-order valence-corrected chi connectivity index (χ2v) is 6.82. The largest absolute Gasteiger partial charge is 0.312 e. The van der Waals surface area contributed by atoms with Crippen LogP contribution < -0.4 is 5.32 Å². The standard InChI is InChI=1S/C17H27ClN2/c1-12(2)17(11-19-16-9-10-16)20(4)13(3)14-5-7-15(18)8-6-14/h5-8,12-13,16-17,19H,9-11H2,1-4H3. The Hall–Kier alpha value is -0.570. The summed E-state index contributed by atoms with van der Waals surface area (Å²) in [6.07, 6.45) is 2.70. The lowest BCUT2D eigenvalue weighted by molar-refractivity contribution is 0.141. The van der Waals surface area contributed by atoms with Gasteiger partial charge in [-0.2, -0.15) is 0 Å². The Kier molecular flexibility index (Phi) is 5.48. The van der Waals surface area contributed by atoms with Crippen LogP contribution in [0.2, 0.25) is 5.02 Å². The van der Waals surface area contributed by atoms with Gasteiger partial charge in [-0.1, -0.05) is 37.6 Å². The number of benzene rings is 1. The first-order valence-electron chi connectivity index (χ1n) is 7.69. The zero-order valence-electron chi connectivity index (χ0n) is 13.1. The van der Waals surface area contributed by atoms with E-state index in [1.165, 1.54) is 18.4 Å². The summed E-state index contributed by atoms with van der Waals surface area (Å²) < 4.78 is 0. The molecule has 0 saturated heterocycles. The van der Waals surface area contributed by atoms with Crippen LogP contribution in [0.15, 0.2) is 24.3 Å². The maximum absolute atomic E-state index is 5.98. The molecule has 1 fully saturated rings. The van der Waals surface area contributed by atoms with Gasteiger partial charge in [-0.3, -0.25) is 4.90 Å². The molecule has 0 radical (unpaired) electrons. The number of hydrogen-bond acceptors (Lipinski definition) is 2. The Bertz CT molecular complexity index is 412. The molecule has 1 saturated carbocycles. The summed E-state index contributed by atoms with van der Waals surface area (Å²) in [4.78, 5) is 2.49. The SMILES string of the molecule is CC(C)C(CNC1CC1)N(C)C(C)c1ccc(Cl)cc1. The van der Waals surface area contributed by atoms with Crippen molar-refractivity contribution >= 4 is 11.6 Å². The number of halogens is 1. The molecule has 2 rings (SSSR count). The molecular formula is C17H27ClN2. The maximum Gasteiger partial charge on any atom is 0.0406 e. The van der Waals surface area contributed by atoms with Crippen molar-refractivity contribution in [1.29, 1.82) is 0 Å². The Morgan fingerprint density at radius 1 is 1.20 bits per heavy atom. The molecule has 1 aromatic carbocycles. The van der Waals surface area contributed by atoms with Crippen molar-refractivity contribution in [2.75, 3.05) is 13.6 Å². The average Bonchev–Trinajstić information content (AvgIpc) is 3.22. The van der Waals surface area contributed by atoms with Crippen LogP contribution in [0.5, 0.6) is 0 Å².